The van der Waals surface area contributed by atoms with Gasteiger partial charge in [-0.15, -0.1) is 0 Å². The molecule has 0 spiro atoms. The normalized spacial score (nSPS) is 16.2. The zero-order chi connectivity index (χ0) is 14.8. The highest BCUT2D eigenvalue weighted by molar-refractivity contribution is 5.57. The van der Waals surface area contributed by atoms with Crippen LogP contribution < -0.4 is 4.90 Å². The molecule has 0 atom stereocenters. The Morgan fingerprint density at radius 2 is 1.86 bits per heavy atom. The van der Waals surface area contributed by atoms with Gasteiger partial charge in [-0.1, -0.05) is 0 Å². The first-order valence-corrected chi connectivity index (χ1v) is 7.02. The summed E-state index contributed by atoms with van der Waals surface area (Å²) in [6.45, 7) is 5.54. The molecule has 1 aliphatic heterocycles. The fourth-order valence-electron chi connectivity index (χ4n) is 2.37. The Kier molecular flexibility index (Phi) is 3.79. The molecule has 0 unspecified atom stereocenters. The zero-order valence-electron chi connectivity index (χ0n) is 12.3. The maximum Gasteiger partial charge on any atom is 0.228 e. The summed E-state index contributed by atoms with van der Waals surface area (Å²) in [5.41, 5.74) is 1.40. The summed E-state index contributed by atoms with van der Waals surface area (Å²) in [4.78, 5) is 17.4. The Hall–Kier alpha value is -2.08. The first kappa shape index (κ1) is 13.9. The first-order valence-electron chi connectivity index (χ1n) is 7.02. The average molecular weight is 287 g/mol. The molecule has 2 aromatic rings. The Balaban J connectivity index is 1.87. The Morgan fingerprint density at radius 1 is 1.10 bits per heavy atom. The van der Waals surface area contributed by atoms with Crippen LogP contribution >= 0.6 is 0 Å². The molecular formula is C15H18FN5. The second-order valence-corrected chi connectivity index (χ2v) is 5.36. The van der Waals surface area contributed by atoms with Crippen LogP contribution in [-0.4, -0.2) is 53.1 Å². The summed E-state index contributed by atoms with van der Waals surface area (Å²) in [7, 11) is 2.11. The molecule has 110 valence electrons. The molecule has 0 amide bonds. The second-order valence-electron chi connectivity index (χ2n) is 5.36. The third-order valence-electron chi connectivity index (χ3n) is 3.76. The van der Waals surface area contributed by atoms with Gasteiger partial charge in [0.25, 0.3) is 0 Å². The molecule has 1 aromatic carbocycles. The summed E-state index contributed by atoms with van der Waals surface area (Å²) in [6, 6.07) is 4.91. The van der Waals surface area contributed by atoms with E-state index in [1.165, 1.54) is 12.4 Å². The van der Waals surface area contributed by atoms with Gasteiger partial charge in [-0.3, -0.25) is 0 Å². The minimum Gasteiger partial charge on any atom is -0.338 e. The molecule has 6 heteroatoms. The number of nitrogens with zero attached hydrogens (tertiary/aromatic N) is 5. The summed E-state index contributed by atoms with van der Waals surface area (Å²) >= 11 is 0. The topological polar surface area (TPSA) is 45.2 Å². The highest BCUT2D eigenvalue weighted by Crippen LogP contribution is 2.20. The Bertz CT molecular complexity index is 638. The van der Waals surface area contributed by atoms with Crippen LogP contribution in [0, 0.1) is 12.7 Å². The van der Waals surface area contributed by atoms with E-state index in [2.05, 4.69) is 31.8 Å². The van der Waals surface area contributed by atoms with Crippen molar-refractivity contribution < 1.29 is 4.39 Å². The number of aryl methyl sites for hydroxylation is 1. The van der Waals surface area contributed by atoms with Crippen LogP contribution in [0.5, 0.6) is 0 Å². The minimum absolute atomic E-state index is 0.216. The minimum atomic E-state index is -0.216. The molecule has 0 saturated carbocycles. The van der Waals surface area contributed by atoms with E-state index in [1.807, 2.05) is 0 Å². The van der Waals surface area contributed by atoms with E-state index < -0.39 is 0 Å². The van der Waals surface area contributed by atoms with Crippen LogP contribution in [0.4, 0.5) is 10.3 Å². The van der Waals surface area contributed by atoms with E-state index in [0.717, 1.165) is 31.7 Å². The summed E-state index contributed by atoms with van der Waals surface area (Å²) in [6.07, 6.45) is 1.52. The van der Waals surface area contributed by atoms with Crippen molar-refractivity contribution in [3.05, 3.63) is 35.9 Å². The Morgan fingerprint density at radius 3 is 2.57 bits per heavy atom. The van der Waals surface area contributed by atoms with Crippen molar-refractivity contribution in [2.45, 2.75) is 6.92 Å². The number of hydrogen-bond acceptors (Lipinski definition) is 5. The molecule has 2 heterocycles. The third-order valence-corrected chi connectivity index (χ3v) is 3.76. The van der Waals surface area contributed by atoms with E-state index >= 15 is 0 Å². The van der Waals surface area contributed by atoms with Crippen molar-refractivity contribution >= 4 is 5.95 Å². The van der Waals surface area contributed by atoms with Gasteiger partial charge in [-0.2, -0.15) is 4.98 Å². The van der Waals surface area contributed by atoms with Crippen LogP contribution in [-0.2, 0) is 0 Å². The number of anilines is 1. The molecule has 0 bridgehead atoms. The van der Waals surface area contributed by atoms with Gasteiger partial charge in [0.05, 0.1) is 0 Å². The van der Waals surface area contributed by atoms with Crippen molar-refractivity contribution in [1.29, 1.82) is 0 Å². The molecule has 0 radical (unpaired) electrons. The van der Waals surface area contributed by atoms with Gasteiger partial charge in [0.15, 0.2) is 5.82 Å². The van der Waals surface area contributed by atoms with Crippen LogP contribution in [0.25, 0.3) is 11.4 Å². The lowest BCUT2D eigenvalue weighted by molar-refractivity contribution is 0.311. The van der Waals surface area contributed by atoms with E-state index in [4.69, 9.17) is 0 Å². The molecule has 0 N–H and O–H groups in total. The van der Waals surface area contributed by atoms with E-state index in [0.29, 0.717) is 17.3 Å². The lowest BCUT2D eigenvalue weighted by atomic mass is 10.1. The number of halogens is 1. The Labute approximate surface area is 123 Å². The standard InChI is InChI=1S/C15H18FN5/c1-11-9-12(3-4-13(11)16)14-17-10-18-15(19-14)21-7-5-20(2)6-8-21/h3-4,9-10H,5-8H2,1-2H3. The van der Waals surface area contributed by atoms with Crippen LogP contribution in [0.15, 0.2) is 24.5 Å². The summed E-state index contributed by atoms with van der Waals surface area (Å²) < 4.78 is 13.4. The van der Waals surface area contributed by atoms with Crippen molar-refractivity contribution in [1.82, 2.24) is 19.9 Å². The number of rotatable bonds is 2. The molecule has 1 saturated heterocycles. The van der Waals surface area contributed by atoms with Crippen LogP contribution in [0.3, 0.4) is 0 Å². The highest BCUT2D eigenvalue weighted by Gasteiger charge is 2.17. The van der Waals surface area contributed by atoms with Crippen molar-refractivity contribution in [2.75, 3.05) is 38.1 Å². The highest BCUT2D eigenvalue weighted by atomic mass is 19.1. The molecule has 1 aromatic heterocycles. The number of aromatic nitrogens is 3. The van der Waals surface area contributed by atoms with Crippen LogP contribution in [0.2, 0.25) is 0 Å². The van der Waals surface area contributed by atoms with E-state index in [-0.39, 0.29) is 5.82 Å². The van der Waals surface area contributed by atoms with Gasteiger partial charge >= 0.3 is 0 Å². The zero-order valence-corrected chi connectivity index (χ0v) is 12.3. The quantitative estimate of drug-likeness (QED) is 0.842. The summed E-state index contributed by atoms with van der Waals surface area (Å²) in [5, 5.41) is 0. The smallest absolute Gasteiger partial charge is 0.228 e. The average Bonchev–Trinajstić information content (AvgIpc) is 2.51. The lowest BCUT2D eigenvalue weighted by Crippen LogP contribution is -2.45. The fraction of sp³-hybridized carbons (Fsp3) is 0.400. The maximum atomic E-state index is 13.4. The van der Waals surface area contributed by atoms with E-state index in [1.54, 1.807) is 19.1 Å². The fourth-order valence-corrected chi connectivity index (χ4v) is 2.37. The predicted molar refractivity (Wildman–Crippen MR) is 79.7 cm³/mol. The third kappa shape index (κ3) is 3.00. The monoisotopic (exact) mass is 287 g/mol. The lowest BCUT2D eigenvalue weighted by Gasteiger charge is -2.32. The number of hydrogen-bond donors (Lipinski definition) is 0. The van der Waals surface area contributed by atoms with Gasteiger partial charge in [0.2, 0.25) is 5.95 Å². The molecule has 1 fully saturated rings. The molecule has 21 heavy (non-hydrogen) atoms. The molecule has 5 nitrogen and oxygen atoms in total. The molecule has 0 aliphatic carbocycles. The van der Waals surface area contributed by atoms with Crippen molar-refractivity contribution in [3.63, 3.8) is 0 Å². The predicted octanol–water partition coefficient (Wildman–Crippen LogP) is 1.74. The van der Waals surface area contributed by atoms with E-state index in [9.17, 15) is 4.39 Å². The van der Waals surface area contributed by atoms with Gasteiger partial charge in [-0.25, -0.2) is 14.4 Å². The van der Waals surface area contributed by atoms with Gasteiger partial charge in [0.1, 0.15) is 12.1 Å². The largest absolute Gasteiger partial charge is 0.338 e. The maximum absolute atomic E-state index is 13.4. The molecular weight excluding hydrogens is 269 g/mol. The van der Waals surface area contributed by atoms with Gasteiger partial charge in [-0.05, 0) is 37.7 Å². The first-order chi connectivity index (χ1) is 10.1. The summed E-state index contributed by atoms with van der Waals surface area (Å²) in [5.74, 6) is 1.06. The van der Waals surface area contributed by atoms with Crippen LogP contribution in [0.1, 0.15) is 5.56 Å². The number of likely N-dealkylation sites (N-methyl/N-ethyl adjacent to an activating group) is 1. The van der Waals surface area contributed by atoms with Crippen molar-refractivity contribution in [2.24, 2.45) is 0 Å². The number of piperazine rings is 1. The molecule has 1 aliphatic rings. The SMILES string of the molecule is Cc1cc(-c2ncnc(N3CCN(C)CC3)n2)ccc1F. The van der Waals surface area contributed by atoms with Crippen molar-refractivity contribution in [3.8, 4) is 11.4 Å². The van der Waals surface area contributed by atoms with Gasteiger partial charge < -0.3 is 9.80 Å². The van der Waals surface area contributed by atoms with Gasteiger partial charge in [0, 0.05) is 31.7 Å². The number of benzene rings is 1. The second kappa shape index (κ2) is 5.73. The molecule has 3 rings (SSSR count).